The van der Waals surface area contributed by atoms with E-state index in [4.69, 9.17) is 13.7 Å². The summed E-state index contributed by atoms with van der Waals surface area (Å²) >= 11 is 0. The maximum absolute atomic E-state index is 12.1. The zero-order valence-corrected chi connectivity index (χ0v) is 13.5. The third-order valence-corrected chi connectivity index (χ3v) is 3.70. The molecule has 0 N–H and O–H groups in total. The Balaban J connectivity index is 1.70. The van der Waals surface area contributed by atoms with Crippen LogP contribution in [-0.4, -0.2) is 16.0 Å². The predicted molar refractivity (Wildman–Crippen MR) is 85.9 cm³/mol. The third-order valence-electron chi connectivity index (χ3n) is 3.70. The van der Waals surface area contributed by atoms with E-state index in [1.54, 1.807) is 32.0 Å². The van der Waals surface area contributed by atoms with Gasteiger partial charge in [0.05, 0.1) is 16.2 Å². The van der Waals surface area contributed by atoms with Gasteiger partial charge < -0.3 is 13.7 Å². The molecule has 2 aromatic heterocycles. The van der Waals surface area contributed by atoms with E-state index in [0.717, 1.165) is 5.56 Å². The summed E-state index contributed by atoms with van der Waals surface area (Å²) in [6, 6.07) is 8.94. The molecule has 0 saturated heterocycles. The number of ether oxygens (including phenoxy) is 1. The molecule has 2 heterocycles. The summed E-state index contributed by atoms with van der Waals surface area (Å²) in [6.07, 6.45) is 0. The Kier molecular flexibility index (Phi) is 4.34. The van der Waals surface area contributed by atoms with Crippen molar-refractivity contribution < 1.29 is 23.4 Å². The molecular weight excluding hydrogens is 328 g/mol. The molecular formula is C17H14N2O6. The Morgan fingerprint density at radius 2 is 1.92 bits per heavy atom. The van der Waals surface area contributed by atoms with Crippen molar-refractivity contribution in [1.82, 2.24) is 5.16 Å². The summed E-state index contributed by atoms with van der Waals surface area (Å²) in [5.74, 6) is 0.434. The van der Waals surface area contributed by atoms with Crippen LogP contribution in [0.4, 0.5) is 5.69 Å². The van der Waals surface area contributed by atoms with Gasteiger partial charge in [-0.1, -0.05) is 5.16 Å². The zero-order valence-electron chi connectivity index (χ0n) is 13.5. The van der Waals surface area contributed by atoms with Crippen LogP contribution in [0.2, 0.25) is 0 Å². The number of esters is 1. The molecule has 0 bridgehead atoms. The first-order valence-electron chi connectivity index (χ1n) is 7.39. The first kappa shape index (κ1) is 16.4. The van der Waals surface area contributed by atoms with Crippen molar-refractivity contribution in [1.29, 1.82) is 0 Å². The van der Waals surface area contributed by atoms with Crippen LogP contribution in [0.25, 0.3) is 11.3 Å². The molecule has 0 aliphatic rings. The number of aromatic nitrogens is 1. The number of nitrogens with zero attached hydrogens (tertiary/aromatic N) is 2. The predicted octanol–water partition coefficient (Wildman–Crippen LogP) is 3.82. The first-order chi connectivity index (χ1) is 12.0. The van der Waals surface area contributed by atoms with E-state index >= 15 is 0 Å². The van der Waals surface area contributed by atoms with E-state index < -0.39 is 10.9 Å². The van der Waals surface area contributed by atoms with Gasteiger partial charge in [-0.3, -0.25) is 10.1 Å². The van der Waals surface area contributed by atoms with Crippen LogP contribution < -0.4 is 0 Å². The van der Waals surface area contributed by atoms with Crippen molar-refractivity contribution in [2.45, 2.75) is 20.5 Å². The second kappa shape index (κ2) is 6.60. The van der Waals surface area contributed by atoms with Crippen molar-refractivity contribution in [2.75, 3.05) is 0 Å². The molecule has 8 nitrogen and oxygen atoms in total. The van der Waals surface area contributed by atoms with Crippen molar-refractivity contribution >= 4 is 11.7 Å². The average molecular weight is 342 g/mol. The molecule has 0 aliphatic heterocycles. The van der Waals surface area contributed by atoms with Gasteiger partial charge in [-0.05, 0) is 38.1 Å². The first-order valence-corrected chi connectivity index (χ1v) is 7.39. The van der Waals surface area contributed by atoms with Gasteiger partial charge in [0, 0.05) is 17.7 Å². The lowest BCUT2D eigenvalue weighted by Crippen LogP contribution is -2.04. The molecule has 3 rings (SSSR count). The Labute approximate surface area is 142 Å². The minimum absolute atomic E-state index is 0.0191. The van der Waals surface area contributed by atoms with Crippen molar-refractivity contribution in [3.63, 3.8) is 0 Å². The molecule has 0 unspecified atom stereocenters. The van der Waals surface area contributed by atoms with E-state index in [9.17, 15) is 14.9 Å². The summed E-state index contributed by atoms with van der Waals surface area (Å²) in [6.45, 7) is 3.54. The van der Waals surface area contributed by atoms with Crippen LogP contribution in [0, 0.1) is 24.0 Å². The molecule has 0 atom stereocenters. The summed E-state index contributed by atoms with van der Waals surface area (Å²) in [5, 5.41) is 14.5. The van der Waals surface area contributed by atoms with Gasteiger partial charge in [-0.2, -0.15) is 0 Å². The lowest BCUT2D eigenvalue weighted by molar-refractivity contribution is -0.384. The van der Waals surface area contributed by atoms with Crippen LogP contribution in [0.5, 0.6) is 0 Å². The number of carbonyl (C=O) groups excluding carboxylic acids is 1. The minimum atomic E-state index is -0.617. The summed E-state index contributed by atoms with van der Waals surface area (Å²) < 4.78 is 15.7. The maximum Gasteiger partial charge on any atom is 0.374 e. The summed E-state index contributed by atoms with van der Waals surface area (Å²) in [4.78, 5) is 22.3. The van der Waals surface area contributed by atoms with E-state index in [1.807, 2.05) is 0 Å². The van der Waals surface area contributed by atoms with Gasteiger partial charge in [-0.25, -0.2) is 4.79 Å². The van der Waals surface area contributed by atoms with Crippen molar-refractivity contribution in [3.8, 4) is 11.3 Å². The zero-order chi connectivity index (χ0) is 18.0. The van der Waals surface area contributed by atoms with Crippen LogP contribution >= 0.6 is 0 Å². The van der Waals surface area contributed by atoms with Crippen LogP contribution in [0.15, 0.2) is 45.3 Å². The van der Waals surface area contributed by atoms with Gasteiger partial charge in [0.25, 0.3) is 5.69 Å². The number of aryl methyl sites for hydroxylation is 2. The van der Waals surface area contributed by atoms with Gasteiger partial charge in [0.2, 0.25) is 5.76 Å². The smallest absolute Gasteiger partial charge is 0.374 e. The number of nitro benzene ring substituents is 1. The highest BCUT2D eigenvalue weighted by Gasteiger charge is 2.17. The molecule has 0 aliphatic carbocycles. The average Bonchev–Trinajstić information content (AvgIpc) is 3.21. The fourth-order valence-electron chi connectivity index (χ4n) is 2.27. The second-order valence-electron chi connectivity index (χ2n) is 5.35. The largest absolute Gasteiger partial charge is 0.455 e. The Morgan fingerprint density at radius 3 is 2.52 bits per heavy atom. The summed E-state index contributed by atoms with van der Waals surface area (Å²) in [5.41, 5.74) is 1.98. The summed E-state index contributed by atoms with van der Waals surface area (Å²) in [7, 11) is 0. The van der Waals surface area contributed by atoms with E-state index in [-0.39, 0.29) is 18.1 Å². The number of non-ortho nitro benzene ring substituents is 1. The highest BCUT2D eigenvalue weighted by Crippen LogP contribution is 2.25. The standard InChI is InChI=1S/C17H14N2O6/c1-10-14(11(2)25-18-10)9-23-17(20)16-8-7-15(24-16)12-3-5-13(6-4-12)19(21)22/h3-8H,9H2,1-2H3. The van der Waals surface area contributed by atoms with Gasteiger partial charge >= 0.3 is 5.97 Å². The molecule has 8 heteroatoms. The lowest BCUT2D eigenvalue weighted by Gasteiger charge is -2.02. The fraction of sp³-hybridized carbons (Fsp3) is 0.176. The lowest BCUT2D eigenvalue weighted by atomic mass is 10.1. The monoisotopic (exact) mass is 342 g/mol. The quantitative estimate of drug-likeness (QED) is 0.394. The molecule has 0 radical (unpaired) electrons. The van der Waals surface area contributed by atoms with Gasteiger partial charge in [0.1, 0.15) is 18.1 Å². The molecule has 0 spiro atoms. The van der Waals surface area contributed by atoms with E-state index in [1.165, 1.54) is 18.2 Å². The number of hydrogen-bond donors (Lipinski definition) is 0. The molecule has 0 saturated carbocycles. The van der Waals surface area contributed by atoms with Crippen LogP contribution in [-0.2, 0) is 11.3 Å². The topological polar surface area (TPSA) is 109 Å². The minimum Gasteiger partial charge on any atom is -0.455 e. The Hall–Kier alpha value is -3.42. The number of hydrogen-bond acceptors (Lipinski definition) is 7. The van der Waals surface area contributed by atoms with E-state index in [2.05, 4.69) is 5.16 Å². The normalized spacial score (nSPS) is 10.6. The SMILES string of the molecule is Cc1noc(C)c1COC(=O)c1ccc(-c2ccc([N+](=O)[O-])cc2)o1. The third kappa shape index (κ3) is 3.42. The molecule has 1 aromatic carbocycles. The highest BCUT2D eigenvalue weighted by atomic mass is 16.6. The number of rotatable bonds is 5. The Morgan fingerprint density at radius 1 is 1.20 bits per heavy atom. The van der Waals surface area contributed by atoms with Gasteiger partial charge in [-0.15, -0.1) is 0 Å². The Bertz CT molecular complexity index is 904. The molecule has 25 heavy (non-hydrogen) atoms. The van der Waals surface area contributed by atoms with Crippen molar-refractivity contribution in [3.05, 3.63) is 69.3 Å². The number of furan rings is 1. The molecule has 0 fully saturated rings. The number of carbonyl (C=O) groups is 1. The molecule has 0 amide bonds. The maximum atomic E-state index is 12.1. The van der Waals surface area contributed by atoms with Gasteiger partial charge in [0.15, 0.2) is 0 Å². The van der Waals surface area contributed by atoms with Crippen LogP contribution in [0.3, 0.4) is 0 Å². The highest BCUT2D eigenvalue weighted by molar-refractivity contribution is 5.87. The van der Waals surface area contributed by atoms with E-state index in [0.29, 0.717) is 22.8 Å². The number of benzene rings is 1. The molecule has 128 valence electrons. The van der Waals surface area contributed by atoms with Crippen LogP contribution in [0.1, 0.15) is 27.6 Å². The molecule has 3 aromatic rings. The second-order valence-corrected chi connectivity index (χ2v) is 5.35. The number of nitro groups is 1. The van der Waals surface area contributed by atoms with Crippen molar-refractivity contribution in [2.24, 2.45) is 0 Å². The fourth-order valence-corrected chi connectivity index (χ4v) is 2.27.